The Morgan fingerprint density at radius 1 is 1.40 bits per heavy atom. The van der Waals surface area contributed by atoms with Gasteiger partial charge in [-0.25, -0.2) is 9.59 Å². The van der Waals surface area contributed by atoms with E-state index < -0.39 is 11.7 Å². The Hall–Kier alpha value is -1.76. The van der Waals surface area contributed by atoms with Crippen molar-refractivity contribution in [1.29, 1.82) is 0 Å². The molecule has 20 heavy (non-hydrogen) atoms. The quantitative estimate of drug-likeness (QED) is 0.897. The summed E-state index contributed by atoms with van der Waals surface area (Å²) in [5, 5.41) is 7.94. The Bertz CT molecular complexity index is 440. The SMILES string of the molecule is CNC(=O)N(CCNC(=O)OC(C)(C)C)c1cccs1. The van der Waals surface area contributed by atoms with Crippen LogP contribution >= 0.6 is 11.3 Å². The standard InChI is InChI=1S/C13H21N3O3S/c1-13(2,3)19-12(18)15-7-8-16(11(17)14-4)10-6-5-9-20-10/h5-6,9H,7-8H2,1-4H3,(H,14,17)(H,15,18). The van der Waals surface area contributed by atoms with Gasteiger partial charge in [-0.3, -0.25) is 4.90 Å². The fraction of sp³-hybridized carbons (Fsp3) is 0.538. The van der Waals surface area contributed by atoms with E-state index in [1.807, 2.05) is 17.5 Å². The molecule has 0 fully saturated rings. The number of thiophene rings is 1. The summed E-state index contributed by atoms with van der Waals surface area (Å²) in [5.41, 5.74) is -0.529. The van der Waals surface area contributed by atoms with Gasteiger partial charge in [0.05, 0.1) is 5.00 Å². The van der Waals surface area contributed by atoms with Crippen LogP contribution in [-0.2, 0) is 4.74 Å². The van der Waals surface area contributed by atoms with Crippen molar-refractivity contribution in [2.75, 3.05) is 25.0 Å². The van der Waals surface area contributed by atoms with Gasteiger partial charge in [0.15, 0.2) is 0 Å². The zero-order valence-corrected chi connectivity index (χ0v) is 13.0. The summed E-state index contributed by atoms with van der Waals surface area (Å²) in [5.74, 6) is 0. The first kappa shape index (κ1) is 16.3. The Morgan fingerprint density at radius 3 is 2.60 bits per heavy atom. The van der Waals surface area contributed by atoms with E-state index in [4.69, 9.17) is 4.74 Å². The number of carbonyl (C=O) groups excluding carboxylic acids is 2. The topological polar surface area (TPSA) is 70.7 Å². The fourth-order valence-corrected chi connectivity index (χ4v) is 2.21. The minimum absolute atomic E-state index is 0.210. The summed E-state index contributed by atoms with van der Waals surface area (Å²) in [7, 11) is 1.57. The molecule has 0 aromatic carbocycles. The lowest BCUT2D eigenvalue weighted by Crippen LogP contribution is -2.43. The molecular weight excluding hydrogens is 278 g/mol. The van der Waals surface area contributed by atoms with Crippen LogP contribution in [0.1, 0.15) is 20.8 Å². The van der Waals surface area contributed by atoms with Gasteiger partial charge in [-0.05, 0) is 38.3 Å². The number of hydrogen-bond acceptors (Lipinski definition) is 4. The third kappa shape index (κ3) is 5.48. The molecule has 112 valence electrons. The maximum absolute atomic E-state index is 11.8. The highest BCUT2D eigenvalue weighted by atomic mass is 32.1. The molecule has 0 saturated heterocycles. The molecule has 0 unspecified atom stereocenters. The smallest absolute Gasteiger partial charge is 0.407 e. The van der Waals surface area contributed by atoms with Crippen LogP contribution in [0.5, 0.6) is 0 Å². The van der Waals surface area contributed by atoms with Crippen molar-refractivity contribution in [3.8, 4) is 0 Å². The molecular formula is C13H21N3O3S. The van der Waals surface area contributed by atoms with E-state index in [0.717, 1.165) is 5.00 Å². The number of hydrogen-bond donors (Lipinski definition) is 2. The van der Waals surface area contributed by atoms with Crippen molar-refractivity contribution in [3.63, 3.8) is 0 Å². The highest BCUT2D eigenvalue weighted by Crippen LogP contribution is 2.20. The molecule has 0 spiro atoms. The molecule has 0 atom stereocenters. The zero-order valence-electron chi connectivity index (χ0n) is 12.2. The predicted octanol–water partition coefficient (Wildman–Crippen LogP) is 2.42. The number of nitrogens with zero attached hydrogens (tertiary/aromatic N) is 1. The lowest BCUT2D eigenvalue weighted by Gasteiger charge is -2.22. The molecule has 1 aromatic rings. The lowest BCUT2D eigenvalue weighted by atomic mass is 10.2. The largest absolute Gasteiger partial charge is 0.444 e. The molecule has 3 amide bonds. The molecule has 0 aliphatic carbocycles. The van der Waals surface area contributed by atoms with E-state index in [9.17, 15) is 9.59 Å². The van der Waals surface area contributed by atoms with Gasteiger partial charge in [0.1, 0.15) is 5.60 Å². The number of nitrogens with one attached hydrogen (secondary N) is 2. The molecule has 0 saturated carbocycles. The average molecular weight is 299 g/mol. The summed E-state index contributed by atoms with van der Waals surface area (Å²) >= 11 is 1.46. The first-order valence-corrected chi connectivity index (χ1v) is 7.21. The van der Waals surface area contributed by atoms with E-state index in [-0.39, 0.29) is 6.03 Å². The van der Waals surface area contributed by atoms with Crippen molar-refractivity contribution >= 4 is 28.5 Å². The molecule has 1 aromatic heterocycles. The van der Waals surface area contributed by atoms with E-state index >= 15 is 0 Å². The molecule has 1 rings (SSSR count). The molecule has 0 aliphatic rings. The highest BCUT2D eigenvalue weighted by molar-refractivity contribution is 7.14. The molecule has 0 bridgehead atoms. The van der Waals surface area contributed by atoms with Crippen molar-refractivity contribution in [1.82, 2.24) is 10.6 Å². The van der Waals surface area contributed by atoms with Crippen LogP contribution < -0.4 is 15.5 Å². The van der Waals surface area contributed by atoms with Crippen LogP contribution in [0.2, 0.25) is 0 Å². The second kappa shape index (κ2) is 7.14. The number of carbonyl (C=O) groups is 2. The summed E-state index contributed by atoms with van der Waals surface area (Å²) in [6.07, 6.45) is -0.486. The number of urea groups is 1. The van der Waals surface area contributed by atoms with Crippen molar-refractivity contribution in [3.05, 3.63) is 17.5 Å². The van der Waals surface area contributed by atoms with Crippen LogP contribution in [0.3, 0.4) is 0 Å². The fourth-order valence-electron chi connectivity index (χ4n) is 1.45. The third-order valence-corrected chi connectivity index (χ3v) is 3.13. The molecule has 2 N–H and O–H groups in total. The summed E-state index contributed by atoms with van der Waals surface area (Å²) in [4.78, 5) is 24.9. The normalized spacial score (nSPS) is 10.8. The Morgan fingerprint density at radius 2 is 2.10 bits per heavy atom. The monoisotopic (exact) mass is 299 g/mol. The lowest BCUT2D eigenvalue weighted by molar-refractivity contribution is 0.0529. The van der Waals surface area contributed by atoms with Crippen molar-refractivity contribution < 1.29 is 14.3 Å². The summed E-state index contributed by atoms with van der Waals surface area (Å²) in [6, 6.07) is 3.52. The van der Waals surface area contributed by atoms with E-state index in [0.29, 0.717) is 13.1 Å². The van der Waals surface area contributed by atoms with E-state index in [2.05, 4.69) is 10.6 Å². The van der Waals surface area contributed by atoms with Gasteiger partial charge in [0, 0.05) is 20.1 Å². The molecule has 0 radical (unpaired) electrons. The van der Waals surface area contributed by atoms with Gasteiger partial charge in [-0.2, -0.15) is 0 Å². The van der Waals surface area contributed by atoms with Gasteiger partial charge in [-0.1, -0.05) is 0 Å². The zero-order chi connectivity index (χ0) is 15.2. The van der Waals surface area contributed by atoms with Crippen LogP contribution in [-0.4, -0.2) is 37.9 Å². The van der Waals surface area contributed by atoms with Gasteiger partial charge in [0.25, 0.3) is 0 Å². The van der Waals surface area contributed by atoms with Gasteiger partial charge < -0.3 is 15.4 Å². The second-order valence-corrected chi connectivity index (χ2v) is 6.01. The molecule has 7 heteroatoms. The molecule has 1 heterocycles. The van der Waals surface area contributed by atoms with Gasteiger partial charge in [0.2, 0.25) is 0 Å². The Labute approximate surface area is 123 Å². The van der Waals surface area contributed by atoms with Gasteiger partial charge >= 0.3 is 12.1 Å². The van der Waals surface area contributed by atoms with Crippen LogP contribution in [0.4, 0.5) is 14.6 Å². The average Bonchev–Trinajstić information content (AvgIpc) is 2.85. The maximum atomic E-state index is 11.8. The minimum Gasteiger partial charge on any atom is -0.444 e. The Kier molecular flexibility index (Phi) is 5.82. The summed E-state index contributed by atoms with van der Waals surface area (Å²) in [6.45, 7) is 6.10. The number of rotatable bonds is 4. The molecule has 6 nitrogen and oxygen atoms in total. The minimum atomic E-state index is -0.529. The van der Waals surface area contributed by atoms with Crippen LogP contribution in [0.25, 0.3) is 0 Å². The first-order valence-electron chi connectivity index (χ1n) is 6.33. The number of anilines is 1. The van der Waals surface area contributed by atoms with Crippen LogP contribution in [0.15, 0.2) is 17.5 Å². The number of amides is 3. The van der Waals surface area contributed by atoms with E-state index in [1.165, 1.54) is 11.3 Å². The maximum Gasteiger partial charge on any atom is 0.407 e. The van der Waals surface area contributed by atoms with Gasteiger partial charge in [-0.15, -0.1) is 11.3 Å². The number of alkyl carbamates (subject to hydrolysis) is 1. The molecule has 0 aliphatic heterocycles. The summed E-state index contributed by atoms with van der Waals surface area (Å²) < 4.78 is 5.13. The number of ether oxygens (including phenoxy) is 1. The van der Waals surface area contributed by atoms with Crippen molar-refractivity contribution in [2.24, 2.45) is 0 Å². The predicted molar refractivity (Wildman–Crippen MR) is 80.4 cm³/mol. The second-order valence-electron chi connectivity index (χ2n) is 5.09. The van der Waals surface area contributed by atoms with E-state index in [1.54, 1.807) is 32.7 Å². The highest BCUT2D eigenvalue weighted by Gasteiger charge is 2.18. The van der Waals surface area contributed by atoms with Crippen molar-refractivity contribution in [2.45, 2.75) is 26.4 Å². The van der Waals surface area contributed by atoms with Crippen LogP contribution in [0, 0.1) is 0 Å². The first-order chi connectivity index (χ1) is 9.33. The third-order valence-electron chi connectivity index (χ3n) is 2.23. The Balaban J connectivity index is 2.48.